The van der Waals surface area contributed by atoms with Gasteiger partial charge in [0.2, 0.25) is 0 Å². The predicted molar refractivity (Wildman–Crippen MR) is 90.0 cm³/mol. The maximum absolute atomic E-state index is 13.4. The lowest BCUT2D eigenvalue weighted by molar-refractivity contribution is -0.137. The molecule has 0 aliphatic rings. The van der Waals surface area contributed by atoms with Crippen LogP contribution in [0.1, 0.15) is 21.5 Å². The highest BCUT2D eigenvalue weighted by molar-refractivity contribution is 6.10. The van der Waals surface area contributed by atoms with Crippen LogP contribution in [0.15, 0.2) is 42.5 Å². The van der Waals surface area contributed by atoms with Gasteiger partial charge in [-0.25, -0.2) is 0 Å². The van der Waals surface area contributed by atoms with Crippen molar-refractivity contribution in [3.05, 3.63) is 59.2 Å². The van der Waals surface area contributed by atoms with Gasteiger partial charge < -0.3 is 9.80 Å². The van der Waals surface area contributed by atoms with Crippen molar-refractivity contribution in [1.82, 2.24) is 0 Å². The fourth-order valence-electron chi connectivity index (χ4n) is 2.31. The number of halogens is 3. The van der Waals surface area contributed by atoms with Gasteiger partial charge in [-0.3, -0.25) is 4.79 Å². The Hall–Kier alpha value is -2.50. The van der Waals surface area contributed by atoms with Crippen LogP contribution in [0.4, 0.5) is 24.5 Å². The Morgan fingerprint density at radius 2 is 1.33 bits per heavy atom. The third kappa shape index (κ3) is 3.69. The van der Waals surface area contributed by atoms with Gasteiger partial charge in [0.15, 0.2) is 5.78 Å². The predicted octanol–water partition coefficient (Wildman–Crippen LogP) is 4.07. The number of hydrogen-bond acceptors (Lipinski definition) is 3. The summed E-state index contributed by atoms with van der Waals surface area (Å²) >= 11 is 0. The molecule has 0 heterocycles. The van der Waals surface area contributed by atoms with Gasteiger partial charge >= 0.3 is 6.18 Å². The second-order valence-corrected chi connectivity index (χ2v) is 5.89. The summed E-state index contributed by atoms with van der Waals surface area (Å²) < 4.78 is 40.1. The lowest BCUT2D eigenvalue weighted by Gasteiger charge is -2.18. The molecule has 24 heavy (non-hydrogen) atoms. The maximum atomic E-state index is 13.4. The molecule has 0 saturated heterocycles. The lowest BCUT2D eigenvalue weighted by atomic mass is 9.97. The molecule has 0 atom stereocenters. The van der Waals surface area contributed by atoms with Crippen molar-refractivity contribution in [2.75, 3.05) is 38.0 Å². The van der Waals surface area contributed by atoms with E-state index in [0.29, 0.717) is 5.69 Å². The van der Waals surface area contributed by atoms with E-state index in [0.717, 1.165) is 11.8 Å². The molecule has 128 valence electrons. The molecule has 3 nitrogen and oxygen atoms in total. The number of alkyl halides is 3. The van der Waals surface area contributed by atoms with Gasteiger partial charge in [-0.2, -0.15) is 13.2 Å². The van der Waals surface area contributed by atoms with E-state index in [1.165, 1.54) is 24.3 Å². The summed E-state index contributed by atoms with van der Waals surface area (Å²) in [6.07, 6.45) is -4.60. The van der Waals surface area contributed by atoms with Gasteiger partial charge in [0.05, 0.1) is 5.56 Å². The first-order chi connectivity index (χ1) is 11.1. The normalized spacial score (nSPS) is 11.3. The summed E-state index contributed by atoms with van der Waals surface area (Å²) in [4.78, 5) is 16.0. The number of hydrogen-bond donors (Lipinski definition) is 0. The third-order valence-corrected chi connectivity index (χ3v) is 3.72. The summed E-state index contributed by atoms with van der Waals surface area (Å²) in [5.74, 6) is -0.641. The molecule has 0 spiro atoms. The second kappa shape index (κ2) is 6.55. The van der Waals surface area contributed by atoms with Crippen LogP contribution in [0.2, 0.25) is 0 Å². The van der Waals surface area contributed by atoms with E-state index in [1.54, 1.807) is 31.1 Å². The fraction of sp³-hybridized carbons (Fsp3) is 0.278. The average molecular weight is 336 g/mol. The van der Waals surface area contributed by atoms with E-state index in [-0.39, 0.29) is 11.1 Å². The number of nitrogens with zero attached hydrogens (tertiary/aromatic N) is 2. The Morgan fingerprint density at radius 3 is 1.79 bits per heavy atom. The number of carbonyl (C=O) groups excluding carboxylic acids is 1. The van der Waals surface area contributed by atoms with E-state index in [1.807, 2.05) is 19.0 Å². The first-order valence-electron chi connectivity index (χ1n) is 7.32. The van der Waals surface area contributed by atoms with Crippen molar-refractivity contribution < 1.29 is 18.0 Å². The van der Waals surface area contributed by atoms with Gasteiger partial charge in [-0.05, 0) is 42.5 Å². The molecule has 6 heteroatoms. The van der Waals surface area contributed by atoms with Crippen molar-refractivity contribution >= 4 is 17.2 Å². The molecule has 0 N–H and O–H groups in total. The summed E-state index contributed by atoms with van der Waals surface area (Å²) in [7, 11) is 6.99. The molecule has 0 aromatic heterocycles. The Bertz CT molecular complexity index is 735. The summed E-state index contributed by atoms with van der Waals surface area (Å²) in [6, 6.07) is 10.2. The van der Waals surface area contributed by atoms with E-state index in [4.69, 9.17) is 0 Å². The highest BCUT2D eigenvalue weighted by Crippen LogP contribution is 2.35. The van der Waals surface area contributed by atoms with Crippen LogP contribution in [0.5, 0.6) is 0 Å². The van der Waals surface area contributed by atoms with Crippen LogP contribution in [-0.2, 0) is 6.18 Å². The lowest BCUT2D eigenvalue weighted by Crippen LogP contribution is -2.17. The molecule has 0 unspecified atom stereocenters. The molecule has 0 bridgehead atoms. The van der Waals surface area contributed by atoms with Crippen LogP contribution in [0.3, 0.4) is 0 Å². The minimum absolute atomic E-state index is 0.226. The Morgan fingerprint density at radius 1 is 0.833 bits per heavy atom. The van der Waals surface area contributed by atoms with Gasteiger partial charge in [0.1, 0.15) is 0 Å². The largest absolute Gasteiger partial charge is 0.417 e. The molecule has 0 aliphatic carbocycles. The van der Waals surface area contributed by atoms with Crippen LogP contribution in [-0.4, -0.2) is 34.0 Å². The van der Waals surface area contributed by atoms with Crippen LogP contribution < -0.4 is 9.80 Å². The Kier molecular flexibility index (Phi) is 4.87. The van der Waals surface area contributed by atoms with Crippen LogP contribution in [0.25, 0.3) is 0 Å². The molecule has 2 aromatic carbocycles. The zero-order valence-electron chi connectivity index (χ0n) is 14.0. The highest BCUT2D eigenvalue weighted by Gasteiger charge is 2.35. The minimum atomic E-state index is -4.60. The number of rotatable bonds is 4. The maximum Gasteiger partial charge on any atom is 0.417 e. The van der Waals surface area contributed by atoms with E-state index in [2.05, 4.69) is 0 Å². The molecular weight excluding hydrogens is 317 g/mol. The summed E-state index contributed by atoms with van der Waals surface area (Å²) in [6.45, 7) is 0. The molecule has 0 amide bonds. The third-order valence-electron chi connectivity index (χ3n) is 3.72. The van der Waals surface area contributed by atoms with E-state index < -0.39 is 17.5 Å². The van der Waals surface area contributed by atoms with Crippen LogP contribution >= 0.6 is 0 Å². The number of benzene rings is 2. The second-order valence-electron chi connectivity index (χ2n) is 5.89. The quantitative estimate of drug-likeness (QED) is 0.787. The van der Waals surface area contributed by atoms with Gasteiger partial charge in [0, 0.05) is 50.7 Å². The van der Waals surface area contributed by atoms with Crippen molar-refractivity contribution in [1.29, 1.82) is 0 Å². The minimum Gasteiger partial charge on any atom is -0.378 e. The van der Waals surface area contributed by atoms with Gasteiger partial charge in [0.25, 0.3) is 0 Å². The topological polar surface area (TPSA) is 23.6 Å². The standard InChI is InChI=1S/C18H19F3N2O/c1-22(2)13-7-5-12(6-8-13)17(24)15-10-9-14(23(3)4)11-16(15)18(19,20)21/h5-11H,1-4H3. The fourth-order valence-corrected chi connectivity index (χ4v) is 2.31. The summed E-state index contributed by atoms with van der Waals surface area (Å²) in [5.41, 5.74) is 0.220. The molecular formula is C18H19F3N2O. The molecule has 0 fully saturated rings. The van der Waals surface area contributed by atoms with Gasteiger partial charge in [-0.15, -0.1) is 0 Å². The molecule has 2 aromatic rings. The van der Waals surface area contributed by atoms with Gasteiger partial charge in [-0.1, -0.05) is 0 Å². The highest BCUT2D eigenvalue weighted by atomic mass is 19.4. The zero-order valence-corrected chi connectivity index (χ0v) is 14.0. The summed E-state index contributed by atoms with van der Waals surface area (Å²) in [5, 5.41) is 0. The van der Waals surface area contributed by atoms with E-state index in [9.17, 15) is 18.0 Å². The number of carbonyl (C=O) groups is 1. The molecule has 0 saturated carbocycles. The first-order valence-corrected chi connectivity index (χ1v) is 7.32. The monoisotopic (exact) mass is 336 g/mol. The van der Waals surface area contributed by atoms with Crippen molar-refractivity contribution in [2.24, 2.45) is 0 Å². The Balaban J connectivity index is 2.48. The number of anilines is 2. The smallest absolute Gasteiger partial charge is 0.378 e. The van der Waals surface area contributed by atoms with Crippen molar-refractivity contribution in [3.63, 3.8) is 0 Å². The van der Waals surface area contributed by atoms with E-state index >= 15 is 0 Å². The van der Waals surface area contributed by atoms with Crippen molar-refractivity contribution in [3.8, 4) is 0 Å². The van der Waals surface area contributed by atoms with Crippen LogP contribution in [0, 0.1) is 0 Å². The SMILES string of the molecule is CN(C)c1ccc(C(=O)c2ccc(N(C)C)cc2C(F)(F)F)cc1. The molecule has 2 rings (SSSR count). The molecule has 0 aliphatic heterocycles. The Labute approximate surface area is 139 Å². The zero-order chi connectivity index (χ0) is 18.1. The average Bonchev–Trinajstić information content (AvgIpc) is 2.52. The van der Waals surface area contributed by atoms with Crippen molar-refractivity contribution in [2.45, 2.75) is 6.18 Å². The number of ketones is 1. The first kappa shape index (κ1) is 17.8. The molecule has 0 radical (unpaired) electrons.